The van der Waals surface area contributed by atoms with Crippen molar-refractivity contribution in [3.8, 4) is 0 Å². The smallest absolute Gasteiger partial charge is 0.176 e. The van der Waals surface area contributed by atoms with Crippen LogP contribution in [0.5, 0.6) is 0 Å². The van der Waals surface area contributed by atoms with Crippen molar-refractivity contribution in [1.82, 2.24) is 0 Å². The molecule has 13 atom stereocenters. The maximum atomic E-state index is 10.3. The highest BCUT2D eigenvalue weighted by Gasteiger charge is 2.71. The van der Waals surface area contributed by atoms with Crippen molar-refractivity contribution >= 4 is 0 Å². The number of hydrogen-bond donors (Lipinski definition) is 2. The number of hydrogen-bond acceptors (Lipinski definition) is 4. The second-order valence-corrected chi connectivity index (χ2v) is 13.1. The van der Waals surface area contributed by atoms with Crippen molar-refractivity contribution in [2.24, 2.45) is 58.2 Å². The molecule has 0 radical (unpaired) electrons. The molecule has 0 amide bonds. The summed E-state index contributed by atoms with van der Waals surface area (Å²) in [4.78, 5) is 0. The van der Waals surface area contributed by atoms with Crippen molar-refractivity contribution in [3.05, 3.63) is 0 Å². The Balaban J connectivity index is 1.28. The van der Waals surface area contributed by atoms with E-state index in [1.807, 2.05) is 0 Å². The van der Waals surface area contributed by atoms with Crippen LogP contribution in [0.3, 0.4) is 0 Å². The molecule has 2 saturated heterocycles. The van der Waals surface area contributed by atoms with Crippen molar-refractivity contribution in [3.63, 3.8) is 0 Å². The molecule has 0 aromatic heterocycles. The Bertz CT molecular complexity index is 726. The molecule has 31 heavy (non-hydrogen) atoms. The molecule has 4 saturated carbocycles. The van der Waals surface area contributed by atoms with E-state index in [4.69, 9.17) is 9.47 Å². The molecule has 6 rings (SSSR count). The minimum atomic E-state index is -0.558. The van der Waals surface area contributed by atoms with Crippen molar-refractivity contribution in [1.29, 1.82) is 0 Å². The predicted molar refractivity (Wildman–Crippen MR) is 119 cm³/mol. The normalized spacial score (nSPS) is 62.9. The lowest BCUT2D eigenvalue weighted by molar-refractivity contribution is -0.247. The van der Waals surface area contributed by atoms with E-state index >= 15 is 0 Å². The van der Waals surface area contributed by atoms with Gasteiger partial charge in [0.1, 0.15) is 0 Å². The van der Waals surface area contributed by atoms with Gasteiger partial charge in [-0.05, 0) is 97.7 Å². The van der Waals surface area contributed by atoms with Gasteiger partial charge in [0.25, 0.3) is 0 Å². The molecule has 0 bridgehead atoms. The average molecular weight is 433 g/mol. The topological polar surface area (TPSA) is 58.9 Å². The Morgan fingerprint density at radius 3 is 2.48 bits per heavy atom. The molecule has 4 aliphatic carbocycles. The second-order valence-electron chi connectivity index (χ2n) is 13.1. The van der Waals surface area contributed by atoms with E-state index in [9.17, 15) is 10.2 Å². The number of aliphatic hydroxyl groups is 2. The van der Waals surface area contributed by atoms with Crippen molar-refractivity contribution in [2.75, 3.05) is 13.2 Å². The second kappa shape index (κ2) is 6.93. The molecule has 176 valence electrons. The summed E-state index contributed by atoms with van der Waals surface area (Å²) in [7, 11) is 0. The summed E-state index contributed by atoms with van der Waals surface area (Å²) in [5, 5.41) is 20.5. The molecule has 0 aromatic rings. The van der Waals surface area contributed by atoms with E-state index in [1.165, 1.54) is 38.5 Å². The third kappa shape index (κ3) is 2.63. The third-order valence-electron chi connectivity index (χ3n) is 12.2. The zero-order valence-electron chi connectivity index (χ0n) is 20.1. The summed E-state index contributed by atoms with van der Waals surface area (Å²) in [6.07, 6.45) is 10.0. The fraction of sp³-hybridized carbons (Fsp3) is 1.00. The van der Waals surface area contributed by atoms with Crippen LogP contribution in [-0.4, -0.2) is 41.4 Å². The van der Waals surface area contributed by atoms with E-state index in [0.29, 0.717) is 41.3 Å². The first-order valence-electron chi connectivity index (χ1n) is 13.4. The number of fused-ring (bicyclic) bond motifs is 7. The minimum Gasteiger partial charge on any atom is -0.396 e. The van der Waals surface area contributed by atoms with Crippen molar-refractivity contribution < 1.29 is 19.7 Å². The molecule has 2 aliphatic heterocycles. The Hall–Kier alpha value is -0.160. The van der Waals surface area contributed by atoms with Gasteiger partial charge in [-0.2, -0.15) is 0 Å². The first-order valence-corrected chi connectivity index (χ1v) is 13.4. The molecule has 2 heterocycles. The highest BCUT2D eigenvalue weighted by molar-refractivity contribution is 5.16. The molecular weight excluding hydrogens is 388 g/mol. The number of ether oxygens (including phenoxy) is 2. The van der Waals surface area contributed by atoms with E-state index < -0.39 is 5.79 Å². The molecule has 4 nitrogen and oxygen atoms in total. The molecule has 1 spiro atoms. The Morgan fingerprint density at radius 1 is 0.935 bits per heavy atom. The molecule has 0 unspecified atom stereocenters. The Morgan fingerprint density at radius 2 is 1.71 bits per heavy atom. The van der Waals surface area contributed by atoms with Gasteiger partial charge in [-0.3, -0.25) is 0 Å². The maximum Gasteiger partial charge on any atom is 0.176 e. The number of rotatable bonds is 1. The lowest BCUT2D eigenvalue weighted by Crippen LogP contribution is -2.55. The first-order chi connectivity index (χ1) is 14.7. The summed E-state index contributed by atoms with van der Waals surface area (Å²) < 4.78 is 13.3. The molecule has 6 aliphatic rings. The monoisotopic (exact) mass is 432 g/mol. The molecule has 0 aromatic carbocycles. The highest BCUT2D eigenvalue weighted by Crippen LogP contribution is 2.71. The van der Waals surface area contributed by atoms with Gasteiger partial charge in [-0.25, -0.2) is 0 Å². The molecule has 2 N–H and O–H groups in total. The summed E-state index contributed by atoms with van der Waals surface area (Å²) >= 11 is 0. The zero-order valence-corrected chi connectivity index (χ0v) is 20.1. The van der Waals surface area contributed by atoms with E-state index in [2.05, 4.69) is 27.7 Å². The van der Waals surface area contributed by atoms with Gasteiger partial charge in [-0.15, -0.1) is 0 Å². The summed E-state index contributed by atoms with van der Waals surface area (Å²) in [5.74, 6) is 3.95. The fourth-order valence-corrected chi connectivity index (χ4v) is 10.7. The largest absolute Gasteiger partial charge is 0.396 e. The van der Waals surface area contributed by atoms with Crippen LogP contribution in [0, 0.1) is 58.2 Å². The third-order valence-corrected chi connectivity index (χ3v) is 12.2. The van der Waals surface area contributed by atoms with Crippen LogP contribution < -0.4 is 0 Å². The summed E-state index contributed by atoms with van der Waals surface area (Å²) in [6.45, 7) is 10.6. The highest BCUT2D eigenvalue weighted by atomic mass is 16.7. The van der Waals surface area contributed by atoms with Crippen LogP contribution in [-0.2, 0) is 9.47 Å². The zero-order chi connectivity index (χ0) is 21.8. The van der Waals surface area contributed by atoms with Crippen LogP contribution in [0.2, 0.25) is 0 Å². The van der Waals surface area contributed by atoms with Gasteiger partial charge in [-0.1, -0.05) is 27.7 Å². The predicted octanol–water partition coefficient (Wildman–Crippen LogP) is 4.62. The van der Waals surface area contributed by atoms with Crippen molar-refractivity contribution in [2.45, 2.75) is 97.1 Å². The van der Waals surface area contributed by atoms with Gasteiger partial charge >= 0.3 is 0 Å². The van der Waals surface area contributed by atoms with E-state index in [-0.39, 0.29) is 18.6 Å². The van der Waals surface area contributed by atoms with Gasteiger partial charge in [0, 0.05) is 11.8 Å². The molecule has 4 heteroatoms. The van der Waals surface area contributed by atoms with Crippen LogP contribution in [0.15, 0.2) is 0 Å². The molecule has 6 fully saturated rings. The Kier molecular flexibility index (Phi) is 4.78. The van der Waals surface area contributed by atoms with Gasteiger partial charge in [0.05, 0.1) is 25.4 Å². The van der Waals surface area contributed by atoms with Crippen LogP contribution in [0.25, 0.3) is 0 Å². The standard InChI is InChI=1S/C27H44O4/c1-15-14-30-27(22(15)13-28)16(2)24-23(31-27)12-21-19-6-5-17-11-18(29)7-9-25(17,3)20(19)8-10-26(21,24)4/h15-24,28-29H,5-14H2,1-4H3/t15-,16-,17-,18-,19+,20-,21-,22+,23-,24-,25-,26-,27-/m0/s1. The lowest BCUT2D eigenvalue weighted by atomic mass is 9.44. The van der Waals surface area contributed by atoms with Crippen LogP contribution >= 0.6 is 0 Å². The van der Waals surface area contributed by atoms with Crippen LogP contribution in [0.4, 0.5) is 0 Å². The first kappa shape index (κ1) is 21.4. The van der Waals surface area contributed by atoms with E-state index in [0.717, 1.165) is 36.5 Å². The van der Waals surface area contributed by atoms with Gasteiger partial charge in [0.2, 0.25) is 0 Å². The Labute approximate surface area is 188 Å². The lowest BCUT2D eigenvalue weighted by Gasteiger charge is -2.61. The minimum absolute atomic E-state index is 0.0620. The molecular formula is C27H44O4. The summed E-state index contributed by atoms with van der Waals surface area (Å²) in [5.41, 5.74) is 0.766. The number of aliphatic hydroxyl groups excluding tert-OH is 2. The van der Waals surface area contributed by atoms with Gasteiger partial charge < -0.3 is 19.7 Å². The fourth-order valence-electron chi connectivity index (χ4n) is 10.7. The van der Waals surface area contributed by atoms with Gasteiger partial charge in [0.15, 0.2) is 5.79 Å². The summed E-state index contributed by atoms with van der Waals surface area (Å²) in [6, 6.07) is 0. The van der Waals surface area contributed by atoms with Crippen LogP contribution in [0.1, 0.15) is 79.1 Å². The average Bonchev–Trinajstić information content (AvgIpc) is 3.32. The quantitative estimate of drug-likeness (QED) is 0.635. The maximum absolute atomic E-state index is 10.3. The SMILES string of the molecule is C[C@H]1CO[C@@]2(O[C@H]3C[C@H]4[C@@H]5CC[C@H]6C[C@@H](O)CC[C@]6(C)[C@H]5CC[C@]4(C)[C@H]3[C@@H]2C)[C@@H]1CO. The van der Waals surface area contributed by atoms with E-state index in [1.54, 1.807) is 0 Å².